The molecule has 8 heteroatoms. The monoisotopic (exact) mass is 532 g/mol. The predicted molar refractivity (Wildman–Crippen MR) is 109 cm³/mol. The number of aromatic nitrogens is 4. The topological polar surface area (TPSA) is 64.8 Å². The molecule has 1 aliphatic heterocycles. The van der Waals surface area contributed by atoms with E-state index in [0.717, 1.165) is 53.8 Å². The Labute approximate surface area is 195 Å². The largest absolute Gasteiger partial charge is 1.00 e. The zero-order chi connectivity index (χ0) is 20.7. The van der Waals surface area contributed by atoms with Gasteiger partial charge in [-0.3, -0.25) is 9.36 Å². The Bertz CT molecular complexity index is 1300. The van der Waals surface area contributed by atoms with Crippen LogP contribution in [0, 0.1) is 12.7 Å². The van der Waals surface area contributed by atoms with Gasteiger partial charge < -0.3 is 28.5 Å². The first-order valence-electron chi connectivity index (χ1n) is 10.2. The summed E-state index contributed by atoms with van der Waals surface area (Å²) in [5.74, 6) is 0.572. The molecule has 4 aromatic rings. The van der Waals surface area contributed by atoms with Crippen LogP contribution >= 0.6 is 0 Å². The van der Waals surface area contributed by atoms with Crippen molar-refractivity contribution in [3.8, 4) is 11.3 Å². The van der Waals surface area contributed by atoms with E-state index in [-0.39, 0.29) is 35.4 Å². The summed E-state index contributed by atoms with van der Waals surface area (Å²) in [7, 11) is 0. The van der Waals surface area contributed by atoms with Crippen LogP contribution in [0.4, 0.5) is 4.39 Å². The summed E-state index contributed by atoms with van der Waals surface area (Å²) in [6.07, 6.45) is 7.57. The molecule has 0 fully saturated rings. The zero-order valence-corrected chi connectivity index (χ0v) is 19.3. The van der Waals surface area contributed by atoms with Gasteiger partial charge in [-0.2, -0.15) is 0 Å². The molecular weight excluding hydrogens is 510 g/mol. The number of halogens is 2. The van der Waals surface area contributed by atoms with Crippen molar-refractivity contribution in [3.63, 3.8) is 0 Å². The van der Waals surface area contributed by atoms with E-state index in [1.54, 1.807) is 6.07 Å². The zero-order valence-electron chi connectivity index (χ0n) is 17.1. The molecule has 4 heterocycles. The molecule has 0 bridgehead atoms. The van der Waals surface area contributed by atoms with E-state index in [0.29, 0.717) is 24.2 Å². The van der Waals surface area contributed by atoms with Gasteiger partial charge in [-0.1, -0.05) is 5.16 Å². The van der Waals surface area contributed by atoms with Crippen molar-refractivity contribution >= 4 is 11.0 Å². The number of pyridine rings is 1. The molecule has 0 saturated carbocycles. The normalized spacial score (nSPS) is 13.1. The van der Waals surface area contributed by atoms with E-state index in [1.807, 2.05) is 40.6 Å². The number of hydrogen-bond donors (Lipinski definition) is 0. The lowest BCUT2D eigenvalue weighted by atomic mass is 10.1. The van der Waals surface area contributed by atoms with Crippen LogP contribution in [0.1, 0.15) is 29.9 Å². The maximum absolute atomic E-state index is 13.4. The second-order valence-electron chi connectivity index (χ2n) is 7.75. The minimum atomic E-state index is -0.348. The van der Waals surface area contributed by atoms with Crippen molar-refractivity contribution in [2.75, 3.05) is 0 Å². The lowest BCUT2D eigenvalue weighted by molar-refractivity contribution is -0.696. The minimum absolute atomic E-state index is 0. The van der Waals surface area contributed by atoms with Crippen molar-refractivity contribution in [1.82, 2.24) is 14.7 Å². The van der Waals surface area contributed by atoms with Gasteiger partial charge in [0.25, 0.3) is 5.56 Å². The Morgan fingerprint density at radius 1 is 1.19 bits per heavy atom. The van der Waals surface area contributed by atoms with Crippen molar-refractivity contribution in [2.24, 2.45) is 0 Å². The van der Waals surface area contributed by atoms with Crippen LogP contribution in [0.25, 0.3) is 22.2 Å². The average Bonchev–Trinajstić information content (AvgIpc) is 3.17. The molecule has 0 spiro atoms. The third-order valence-corrected chi connectivity index (χ3v) is 5.80. The van der Waals surface area contributed by atoms with E-state index in [4.69, 9.17) is 4.52 Å². The highest BCUT2D eigenvalue weighted by Gasteiger charge is 2.18. The fourth-order valence-corrected chi connectivity index (χ4v) is 4.14. The van der Waals surface area contributed by atoms with Crippen LogP contribution in [-0.4, -0.2) is 14.7 Å². The molecule has 1 aliphatic rings. The van der Waals surface area contributed by atoms with Crippen molar-refractivity contribution in [2.45, 2.75) is 45.7 Å². The van der Waals surface area contributed by atoms with Crippen LogP contribution in [-0.2, 0) is 25.9 Å². The molecule has 0 amide bonds. The Balaban J connectivity index is 0.00000231. The molecule has 160 valence electrons. The smallest absolute Gasteiger partial charge is 0.257 e. The Morgan fingerprint density at radius 2 is 2.00 bits per heavy atom. The molecule has 0 aliphatic carbocycles. The molecule has 3 aromatic heterocycles. The Kier molecular flexibility index (Phi) is 6.17. The molecular formula is C23H22FIN4O2. The maximum Gasteiger partial charge on any atom is 0.257 e. The standard InChI is InChI=1S/C23H22FN4O2.HI/c1-15-18(23(29)28-10-3-2-4-21(28)25-15)9-13-27-11-7-16(8-12-27)22-19-6-5-17(24)14-20(19)30-26-22;/h5-8,11-12,14H,2-4,9-10,13H2,1H3;1H/q+1;/p-1. The summed E-state index contributed by atoms with van der Waals surface area (Å²) < 4.78 is 22.5. The summed E-state index contributed by atoms with van der Waals surface area (Å²) in [5.41, 5.74) is 3.75. The number of hydrogen-bond acceptors (Lipinski definition) is 4. The van der Waals surface area contributed by atoms with E-state index in [2.05, 4.69) is 10.1 Å². The predicted octanol–water partition coefficient (Wildman–Crippen LogP) is 0.370. The van der Waals surface area contributed by atoms with Gasteiger partial charge in [0.05, 0.1) is 0 Å². The molecule has 31 heavy (non-hydrogen) atoms. The van der Waals surface area contributed by atoms with Gasteiger partial charge in [0.1, 0.15) is 17.3 Å². The number of nitrogens with zero attached hydrogens (tertiary/aromatic N) is 4. The Hall–Kier alpha value is -2.62. The molecule has 6 nitrogen and oxygen atoms in total. The summed E-state index contributed by atoms with van der Waals surface area (Å²) >= 11 is 0. The SMILES string of the molecule is Cc1nc2n(c(=O)c1CC[n+]1ccc(-c3noc4cc(F)ccc34)cc1)CCCC2.[I-]. The molecule has 5 rings (SSSR count). The van der Waals surface area contributed by atoms with Crippen LogP contribution in [0.3, 0.4) is 0 Å². The molecule has 0 atom stereocenters. The van der Waals surface area contributed by atoms with Gasteiger partial charge in [0.15, 0.2) is 24.5 Å². The molecule has 1 aromatic carbocycles. The third kappa shape index (κ3) is 4.13. The molecule has 0 unspecified atom stereocenters. The molecule has 0 saturated heterocycles. The highest BCUT2D eigenvalue weighted by atomic mass is 127. The first kappa shape index (κ1) is 21.6. The van der Waals surface area contributed by atoms with Crippen molar-refractivity contribution in [1.29, 1.82) is 0 Å². The summed E-state index contributed by atoms with van der Waals surface area (Å²) in [6, 6.07) is 8.32. The summed E-state index contributed by atoms with van der Waals surface area (Å²) in [4.78, 5) is 17.6. The number of benzene rings is 1. The Morgan fingerprint density at radius 3 is 2.81 bits per heavy atom. The highest BCUT2D eigenvalue weighted by Crippen LogP contribution is 2.27. The summed E-state index contributed by atoms with van der Waals surface area (Å²) in [6.45, 7) is 3.38. The lowest BCUT2D eigenvalue weighted by Crippen LogP contribution is -3.00. The van der Waals surface area contributed by atoms with Crippen LogP contribution < -0.4 is 34.1 Å². The maximum atomic E-state index is 13.4. The van der Waals surface area contributed by atoms with Gasteiger partial charge in [0, 0.05) is 59.8 Å². The molecule has 0 radical (unpaired) electrons. The van der Waals surface area contributed by atoms with Gasteiger partial charge in [-0.25, -0.2) is 13.9 Å². The third-order valence-electron chi connectivity index (χ3n) is 5.80. The minimum Gasteiger partial charge on any atom is -1.00 e. The first-order valence-corrected chi connectivity index (χ1v) is 10.2. The van der Waals surface area contributed by atoms with Crippen molar-refractivity contribution in [3.05, 3.63) is 76.0 Å². The fraction of sp³-hybridized carbons (Fsp3) is 0.304. The van der Waals surface area contributed by atoms with Crippen LogP contribution in [0.5, 0.6) is 0 Å². The van der Waals surface area contributed by atoms with E-state index in [1.165, 1.54) is 12.1 Å². The fourth-order valence-electron chi connectivity index (χ4n) is 4.14. The first-order chi connectivity index (χ1) is 14.6. The van der Waals surface area contributed by atoms with Gasteiger partial charge in [-0.15, -0.1) is 0 Å². The quantitative estimate of drug-likeness (QED) is 0.282. The number of fused-ring (bicyclic) bond motifs is 2. The highest BCUT2D eigenvalue weighted by molar-refractivity contribution is 5.91. The average molecular weight is 532 g/mol. The second kappa shape index (κ2) is 8.86. The van der Waals surface area contributed by atoms with E-state index in [9.17, 15) is 9.18 Å². The van der Waals surface area contributed by atoms with Gasteiger partial charge in [0.2, 0.25) is 0 Å². The van der Waals surface area contributed by atoms with Gasteiger partial charge in [-0.05, 0) is 31.9 Å². The van der Waals surface area contributed by atoms with Crippen molar-refractivity contribution < 1.29 is 37.5 Å². The molecule has 0 N–H and O–H groups in total. The number of aryl methyl sites for hydroxylation is 3. The van der Waals surface area contributed by atoms with E-state index < -0.39 is 0 Å². The summed E-state index contributed by atoms with van der Waals surface area (Å²) in [5, 5.41) is 4.87. The lowest BCUT2D eigenvalue weighted by Gasteiger charge is -2.19. The van der Waals surface area contributed by atoms with E-state index >= 15 is 0 Å². The van der Waals surface area contributed by atoms with Crippen LogP contribution in [0.15, 0.2) is 52.0 Å². The van der Waals surface area contributed by atoms with Gasteiger partial charge >= 0.3 is 0 Å². The van der Waals surface area contributed by atoms with Crippen LogP contribution in [0.2, 0.25) is 0 Å². The number of rotatable bonds is 4. The second-order valence-corrected chi connectivity index (χ2v) is 7.75.